The monoisotopic (exact) mass is 469 g/mol. The molecule has 0 amide bonds. The molecule has 3 aromatic rings. The van der Waals surface area contributed by atoms with Crippen LogP contribution < -0.4 is 5.32 Å². The number of hydrogen-bond acceptors (Lipinski definition) is 3. The third kappa shape index (κ3) is 7.21. The Balaban J connectivity index is 0.000000237. The Hall–Kier alpha value is -3.07. The van der Waals surface area contributed by atoms with Crippen molar-refractivity contribution in [2.24, 2.45) is 5.92 Å². The van der Waals surface area contributed by atoms with Gasteiger partial charge in [-0.25, -0.2) is 0 Å². The lowest BCUT2D eigenvalue weighted by molar-refractivity contribution is 0.268. The van der Waals surface area contributed by atoms with Gasteiger partial charge in [0.15, 0.2) is 0 Å². The van der Waals surface area contributed by atoms with Gasteiger partial charge in [0, 0.05) is 36.4 Å². The summed E-state index contributed by atoms with van der Waals surface area (Å²) in [7, 11) is 0. The number of pyridine rings is 1. The highest BCUT2D eigenvalue weighted by molar-refractivity contribution is 5.82. The van der Waals surface area contributed by atoms with Crippen LogP contribution >= 0.6 is 0 Å². The van der Waals surface area contributed by atoms with Gasteiger partial charge in [0.25, 0.3) is 0 Å². The van der Waals surface area contributed by atoms with Crippen LogP contribution in [-0.4, -0.2) is 22.5 Å². The van der Waals surface area contributed by atoms with Gasteiger partial charge in [-0.1, -0.05) is 67.6 Å². The van der Waals surface area contributed by atoms with E-state index < -0.39 is 0 Å². The molecule has 1 aromatic heterocycles. The molecule has 0 spiro atoms. The summed E-state index contributed by atoms with van der Waals surface area (Å²) in [6.07, 6.45) is 5.63. The number of hydrogen-bond donors (Lipinski definition) is 1. The molecule has 3 heteroatoms. The molecule has 1 aliphatic rings. The first-order chi connectivity index (χ1) is 16.7. The van der Waals surface area contributed by atoms with E-state index in [0.29, 0.717) is 12.0 Å². The fraction of sp³-hybridized carbons (Fsp3) is 0.406. The van der Waals surface area contributed by atoms with Gasteiger partial charge in [-0.15, -0.1) is 0 Å². The van der Waals surface area contributed by atoms with E-state index in [4.69, 9.17) is 0 Å². The van der Waals surface area contributed by atoms with Crippen molar-refractivity contribution >= 4 is 10.8 Å². The summed E-state index contributed by atoms with van der Waals surface area (Å²) < 4.78 is 0. The Morgan fingerprint density at radius 1 is 1.09 bits per heavy atom. The molecular formula is C32H43N3. The predicted octanol–water partition coefficient (Wildman–Crippen LogP) is 7.78. The molecule has 2 heterocycles. The zero-order valence-electron chi connectivity index (χ0n) is 22.6. The Morgan fingerprint density at radius 2 is 1.86 bits per heavy atom. The molecule has 0 saturated carbocycles. The summed E-state index contributed by atoms with van der Waals surface area (Å²) in [5, 5.41) is 6.04. The van der Waals surface area contributed by atoms with E-state index in [1.54, 1.807) is 0 Å². The lowest BCUT2D eigenvalue weighted by Gasteiger charge is -2.31. The number of aromatic nitrogens is 1. The molecule has 0 radical (unpaired) electrons. The van der Waals surface area contributed by atoms with E-state index >= 15 is 0 Å². The molecule has 4 rings (SSSR count). The maximum atomic E-state index is 4.30. The average molecular weight is 470 g/mol. The van der Waals surface area contributed by atoms with Crippen LogP contribution in [0.15, 0.2) is 73.2 Å². The number of allylic oxidation sites excluding steroid dienone is 1. The Labute approximate surface area is 213 Å². The minimum absolute atomic E-state index is 0.576. The normalized spacial score (nSPS) is 15.9. The summed E-state index contributed by atoms with van der Waals surface area (Å²) in [4.78, 5) is 6.70. The first-order valence-corrected chi connectivity index (χ1v) is 12.9. The van der Waals surface area contributed by atoms with Crippen molar-refractivity contribution < 1.29 is 0 Å². The van der Waals surface area contributed by atoms with Crippen molar-refractivity contribution in [1.82, 2.24) is 15.2 Å². The Kier molecular flexibility index (Phi) is 9.14. The minimum atomic E-state index is 0.576. The summed E-state index contributed by atoms with van der Waals surface area (Å²) in [5.74, 6) is 1.65. The van der Waals surface area contributed by atoms with E-state index in [1.807, 2.05) is 13.1 Å². The zero-order chi connectivity index (χ0) is 25.5. The Bertz CT molecular complexity index is 1140. The predicted molar refractivity (Wildman–Crippen MR) is 151 cm³/mol. The second-order valence-electron chi connectivity index (χ2n) is 10.3. The smallest absolute Gasteiger partial charge is 0.0943 e. The third-order valence-corrected chi connectivity index (χ3v) is 7.40. The summed E-state index contributed by atoms with van der Waals surface area (Å²) in [6.45, 7) is 23.3. The van der Waals surface area contributed by atoms with Crippen LogP contribution in [0.25, 0.3) is 10.8 Å². The molecule has 2 atom stereocenters. The van der Waals surface area contributed by atoms with Crippen LogP contribution in [0.3, 0.4) is 0 Å². The van der Waals surface area contributed by atoms with Crippen molar-refractivity contribution in [2.45, 2.75) is 73.4 Å². The van der Waals surface area contributed by atoms with E-state index in [0.717, 1.165) is 24.6 Å². The number of likely N-dealkylation sites (tertiary alicyclic amines) is 1. The molecule has 1 unspecified atom stereocenters. The molecular weight excluding hydrogens is 426 g/mol. The number of nitrogens with zero attached hydrogens (tertiary/aromatic N) is 2. The highest BCUT2D eigenvalue weighted by Gasteiger charge is 2.27. The molecule has 3 nitrogen and oxygen atoms in total. The first kappa shape index (κ1) is 26.5. The fourth-order valence-electron chi connectivity index (χ4n) is 4.72. The molecule has 1 N–H and O–H groups in total. The van der Waals surface area contributed by atoms with Crippen molar-refractivity contribution in [1.29, 1.82) is 0 Å². The SMILES string of the molecule is C=C(C)C(C)C[C@@H]1CCCN1C(=C)NCc1cccc(C)c1C.Cc1ccc2cnc(C)cc2c1. The van der Waals surface area contributed by atoms with Crippen molar-refractivity contribution in [3.8, 4) is 0 Å². The van der Waals surface area contributed by atoms with Crippen molar-refractivity contribution in [2.75, 3.05) is 6.54 Å². The van der Waals surface area contributed by atoms with Crippen LogP contribution in [0.4, 0.5) is 0 Å². The van der Waals surface area contributed by atoms with Gasteiger partial charge in [-0.05, 0) is 87.9 Å². The lowest BCUT2D eigenvalue weighted by Crippen LogP contribution is -2.35. The van der Waals surface area contributed by atoms with E-state index in [9.17, 15) is 0 Å². The number of benzene rings is 2. The van der Waals surface area contributed by atoms with Crippen LogP contribution in [0.1, 0.15) is 61.1 Å². The maximum Gasteiger partial charge on any atom is 0.0943 e. The molecule has 35 heavy (non-hydrogen) atoms. The van der Waals surface area contributed by atoms with Gasteiger partial charge >= 0.3 is 0 Å². The van der Waals surface area contributed by atoms with Crippen molar-refractivity contribution in [3.05, 3.63) is 101 Å². The van der Waals surface area contributed by atoms with Crippen LogP contribution in [0.5, 0.6) is 0 Å². The standard InChI is InChI=1S/C21H32N2.C11H11N/c1-15(2)17(4)13-21-11-8-12-23(21)19(6)22-14-20-10-7-9-16(3)18(20)5;1-8-3-4-10-7-12-9(2)6-11(10)5-8/h7,9-10,17,21-22H,1,6,8,11-14H2,2-5H3;3-7H,1-2H3/t17?,21-;/m0./s1. The minimum Gasteiger partial charge on any atom is -0.368 e. The van der Waals surface area contributed by atoms with Gasteiger partial charge in [0.05, 0.1) is 5.82 Å². The maximum absolute atomic E-state index is 4.30. The van der Waals surface area contributed by atoms with Gasteiger partial charge in [-0.2, -0.15) is 0 Å². The molecule has 0 bridgehead atoms. The summed E-state index contributed by atoms with van der Waals surface area (Å²) in [6, 6.07) is 15.6. The van der Waals surface area contributed by atoms with Gasteiger partial charge < -0.3 is 10.2 Å². The molecule has 2 aromatic carbocycles. The first-order valence-electron chi connectivity index (χ1n) is 12.9. The topological polar surface area (TPSA) is 28.2 Å². The summed E-state index contributed by atoms with van der Waals surface area (Å²) in [5.41, 5.74) is 7.75. The molecule has 1 saturated heterocycles. The Morgan fingerprint density at radius 3 is 2.60 bits per heavy atom. The summed E-state index contributed by atoms with van der Waals surface area (Å²) >= 11 is 0. The third-order valence-electron chi connectivity index (χ3n) is 7.40. The highest BCUT2D eigenvalue weighted by atomic mass is 15.3. The second kappa shape index (κ2) is 12.1. The highest BCUT2D eigenvalue weighted by Crippen LogP contribution is 2.28. The van der Waals surface area contributed by atoms with Gasteiger partial charge in [0.2, 0.25) is 0 Å². The largest absolute Gasteiger partial charge is 0.368 e. The van der Waals surface area contributed by atoms with E-state index in [-0.39, 0.29) is 0 Å². The van der Waals surface area contributed by atoms with Gasteiger partial charge in [-0.3, -0.25) is 4.98 Å². The number of fused-ring (bicyclic) bond motifs is 1. The average Bonchev–Trinajstić information content (AvgIpc) is 3.28. The van der Waals surface area contributed by atoms with Gasteiger partial charge in [0.1, 0.15) is 0 Å². The van der Waals surface area contributed by atoms with E-state index in [1.165, 1.54) is 57.9 Å². The zero-order valence-corrected chi connectivity index (χ0v) is 22.6. The fourth-order valence-corrected chi connectivity index (χ4v) is 4.72. The van der Waals surface area contributed by atoms with Crippen LogP contribution in [-0.2, 0) is 6.54 Å². The lowest BCUT2D eigenvalue weighted by atomic mass is 9.94. The number of rotatable bonds is 7. The number of nitrogens with one attached hydrogen (secondary N) is 1. The quantitative estimate of drug-likeness (QED) is 0.358. The van der Waals surface area contributed by atoms with Crippen molar-refractivity contribution in [3.63, 3.8) is 0 Å². The second-order valence-corrected chi connectivity index (χ2v) is 10.3. The van der Waals surface area contributed by atoms with Crippen LogP contribution in [0.2, 0.25) is 0 Å². The molecule has 0 aliphatic carbocycles. The molecule has 1 aliphatic heterocycles. The number of aryl methyl sites for hydroxylation is 3. The van der Waals surface area contributed by atoms with E-state index in [2.05, 4.69) is 105 Å². The van der Waals surface area contributed by atoms with Crippen LogP contribution in [0, 0.1) is 33.6 Å². The molecule has 1 fully saturated rings. The molecule has 186 valence electrons.